The van der Waals surface area contributed by atoms with Gasteiger partial charge in [-0.05, 0) is 42.9 Å². The zero-order chi connectivity index (χ0) is 20.1. The third-order valence-corrected chi connectivity index (χ3v) is 6.31. The fourth-order valence-electron chi connectivity index (χ4n) is 3.09. The van der Waals surface area contributed by atoms with Gasteiger partial charge in [-0.2, -0.15) is 0 Å². The third kappa shape index (κ3) is 4.76. The van der Waals surface area contributed by atoms with E-state index in [1.54, 1.807) is 35.9 Å². The zero-order valence-electron chi connectivity index (χ0n) is 16.5. The van der Waals surface area contributed by atoms with Crippen molar-refractivity contribution in [3.63, 3.8) is 0 Å². The predicted molar refractivity (Wildman–Crippen MR) is 119 cm³/mol. The largest absolute Gasteiger partial charge is 0.493 e. The van der Waals surface area contributed by atoms with Crippen molar-refractivity contribution in [2.75, 3.05) is 18.6 Å². The number of ether oxygens (including phenoxy) is 1. The lowest BCUT2D eigenvalue weighted by Gasteiger charge is -2.14. The zero-order valence-corrected chi connectivity index (χ0v) is 18.1. The highest BCUT2D eigenvalue weighted by molar-refractivity contribution is 7.99. The minimum Gasteiger partial charge on any atom is -0.493 e. The fraction of sp³-hybridized carbons (Fsp3) is 0.286. The Bertz CT molecular complexity index is 1060. The van der Waals surface area contributed by atoms with Gasteiger partial charge in [0.25, 0.3) is 0 Å². The molecule has 3 heterocycles. The predicted octanol–water partition coefficient (Wildman–Crippen LogP) is 4.79. The maximum Gasteiger partial charge on any atom is 0.167 e. The van der Waals surface area contributed by atoms with E-state index in [2.05, 4.69) is 43.6 Å². The molecular formula is C21H23N5OS2. The number of rotatable bonds is 9. The molecule has 0 spiro atoms. The first kappa shape index (κ1) is 19.8. The Morgan fingerprint density at radius 2 is 2.14 bits per heavy atom. The van der Waals surface area contributed by atoms with E-state index in [0.717, 1.165) is 45.8 Å². The van der Waals surface area contributed by atoms with E-state index in [1.165, 1.54) is 11.1 Å². The van der Waals surface area contributed by atoms with Crippen LogP contribution in [0.4, 0.5) is 0 Å². The number of pyridine rings is 1. The van der Waals surface area contributed by atoms with Gasteiger partial charge in [-0.3, -0.25) is 4.98 Å². The summed E-state index contributed by atoms with van der Waals surface area (Å²) in [6.07, 6.45) is 10.4. The highest BCUT2D eigenvalue weighted by Gasteiger charge is 2.09. The van der Waals surface area contributed by atoms with Crippen molar-refractivity contribution < 1.29 is 4.74 Å². The standard InChI is InChI=1S/C21H23N5OS2/c1-15-16(14-26-10-9-23-21(26)28-2)5-3-6-19(15)27-11-4-12-29-20-24-17-7-8-22-13-18(17)25-20/h3,5-10,13H,4,11-12,14H2,1-2H3,(H,24,25). The molecule has 0 aliphatic heterocycles. The van der Waals surface area contributed by atoms with Crippen molar-refractivity contribution in [3.8, 4) is 5.75 Å². The molecule has 29 heavy (non-hydrogen) atoms. The Labute approximate surface area is 178 Å². The molecule has 0 unspecified atom stereocenters. The normalized spacial score (nSPS) is 11.2. The maximum atomic E-state index is 6.07. The molecule has 0 aliphatic carbocycles. The SMILES string of the molecule is CSc1nccn1Cc1cccc(OCCCSc2nc3ccncc3[nH]2)c1C. The molecule has 150 valence electrons. The van der Waals surface area contributed by atoms with Gasteiger partial charge in [0.05, 0.1) is 23.8 Å². The number of aromatic nitrogens is 5. The number of nitrogens with one attached hydrogen (secondary N) is 1. The monoisotopic (exact) mass is 425 g/mol. The summed E-state index contributed by atoms with van der Waals surface area (Å²) >= 11 is 3.37. The Kier molecular flexibility index (Phi) is 6.41. The smallest absolute Gasteiger partial charge is 0.167 e. The van der Waals surface area contributed by atoms with Crippen molar-refractivity contribution >= 4 is 34.6 Å². The lowest BCUT2D eigenvalue weighted by molar-refractivity contribution is 0.316. The van der Waals surface area contributed by atoms with Crippen LogP contribution in [0.1, 0.15) is 17.5 Å². The molecule has 0 fully saturated rings. The second-order valence-electron chi connectivity index (χ2n) is 6.57. The quantitative estimate of drug-likeness (QED) is 0.307. The van der Waals surface area contributed by atoms with E-state index in [9.17, 15) is 0 Å². The van der Waals surface area contributed by atoms with Crippen LogP contribution in [0.15, 0.2) is 59.4 Å². The number of imidazole rings is 2. The third-order valence-electron chi connectivity index (χ3n) is 4.64. The number of thioether (sulfide) groups is 2. The Morgan fingerprint density at radius 3 is 3.00 bits per heavy atom. The van der Waals surface area contributed by atoms with Crippen molar-refractivity contribution in [3.05, 3.63) is 60.2 Å². The maximum absolute atomic E-state index is 6.07. The topological polar surface area (TPSA) is 68.6 Å². The Balaban J connectivity index is 1.29. The fourth-order valence-corrected chi connectivity index (χ4v) is 4.42. The lowest BCUT2D eigenvalue weighted by atomic mass is 10.1. The van der Waals surface area contributed by atoms with Gasteiger partial charge in [0.2, 0.25) is 0 Å². The Morgan fingerprint density at radius 1 is 1.21 bits per heavy atom. The van der Waals surface area contributed by atoms with Gasteiger partial charge >= 0.3 is 0 Å². The molecule has 0 radical (unpaired) electrons. The summed E-state index contributed by atoms with van der Waals surface area (Å²) in [6, 6.07) is 8.17. The number of nitrogens with zero attached hydrogens (tertiary/aromatic N) is 4. The van der Waals surface area contributed by atoms with Crippen LogP contribution in [0.3, 0.4) is 0 Å². The van der Waals surface area contributed by atoms with E-state index in [-0.39, 0.29) is 0 Å². The Hall–Kier alpha value is -2.45. The molecular weight excluding hydrogens is 402 g/mol. The second-order valence-corrected chi connectivity index (χ2v) is 8.42. The molecule has 1 N–H and O–H groups in total. The minimum absolute atomic E-state index is 0.681. The summed E-state index contributed by atoms with van der Waals surface area (Å²) in [4.78, 5) is 16.3. The molecule has 1 aromatic carbocycles. The van der Waals surface area contributed by atoms with E-state index >= 15 is 0 Å². The number of fused-ring (bicyclic) bond motifs is 1. The van der Waals surface area contributed by atoms with Crippen LogP contribution < -0.4 is 4.74 Å². The van der Waals surface area contributed by atoms with Crippen LogP contribution in [-0.4, -0.2) is 43.1 Å². The summed E-state index contributed by atoms with van der Waals surface area (Å²) < 4.78 is 8.23. The van der Waals surface area contributed by atoms with Crippen LogP contribution in [-0.2, 0) is 6.54 Å². The van der Waals surface area contributed by atoms with Crippen LogP contribution in [0, 0.1) is 6.92 Å². The van der Waals surface area contributed by atoms with Gasteiger partial charge in [-0.15, -0.1) is 0 Å². The molecule has 4 rings (SSSR count). The van der Waals surface area contributed by atoms with E-state index < -0.39 is 0 Å². The molecule has 6 nitrogen and oxygen atoms in total. The number of hydrogen-bond acceptors (Lipinski definition) is 6. The molecule has 0 atom stereocenters. The van der Waals surface area contributed by atoms with Crippen LogP contribution >= 0.6 is 23.5 Å². The summed E-state index contributed by atoms with van der Waals surface area (Å²) in [5.74, 6) is 1.89. The van der Waals surface area contributed by atoms with Gasteiger partial charge < -0.3 is 14.3 Å². The van der Waals surface area contributed by atoms with Crippen molar-refractivity contribution in [1.82, 2.24) is 24.5 Å². The van der Waals surface area contributed by atoms with Crippen molar-refractivity contribution in [2.24, 2.45) is 0 Å². The first-order valence-corrected chi connectivity index (χ1v) is 11.6. The number of aromatic amines is 1. The van der Waals surface area contributed by atoms with Gasteiger partial charge in [-0.1, -0.05) is 35.7 Å². The molecule has 4 aromatic rings. The summed E-state index contributed by atoms with van der Waals surface area (Å²) in [5.41, 5.74) is 4.36. The summed E-state index contributed by atoms with van der Waals surface area (Å²) in [5, 5.41) is 1.95. The first-order valence-electron chi connectivity index (χ1n) is 9.43. The van der Waals surface area contributed by atoms with Gasteiger partial charge in [0, 0.05) is 30.9 Å². The number of H-pyrrole nitrogens is 1. The number of hydrogen-bond donors (Lipinski definition) is 1. The average molecular weight is 426 g/mol. The number of benzene rings is 1. The average Bonchev–Trinajstić information content (AvgIpc) is 3.36. The highest BCUT2D eigenvalue weighted by Crippen LogP contribution is 2.24. The molecule has 0 aliphatic rings. The van der Waals surface area contributed by atoms with Crippen LogP contribution in [0.25, 0.3) is 11.0 Å². The van der Waals surface area contributed by atoms with Gasteiger partial charge in [0.1, 0.15) is 5.75 Å². The van der Waals surface area contributed by atoms with Crippen LogP contribution in [0.2, 0.25) is 0 Å². The van der Waals surface area contributed by atoms with E-state index in [0.29, 0.717) is 6.61 Å². The molecule has 0 amide bonds. The summed E-state index contributed by atoms with van der Waals surface area (Å²) in [7, 11) is 0. The van der Waals surface area contributed by atoms with Crippen molar-refractivity contribution in [1.29, 1.82) is 0 Å². The molecule has 3 aromatic heterocycles. The van der Waals surface area contributed by atoms with E-state index in [4.69, 9.17) is 4.74 Å². The first-order chi connectivity index (χ1) is 14.2. The van der Waals surface area contributed by atoms with Gasteiger partial charge in [0.15, 0.2) is 10.3 Å². The minimum atomic E-state index is 0.681. The molecule has 0 saturated carbocycles. The van der Waals surface area contributed by atoms with Crippen LogP contribution in [0.5, 0.6) is 5.75 Å². The van der Waals surface area contributed by atoms with E-state index in [1.807, 2.05) is 30.8 Å². The lowest BCUT2D eigenvalue weighted by Crippen LogP contribution is -2.05. The molecule has 0 saturated heterocycles. The highest BCUT2D eigenvalue weighted by atomic mass is 32.2. The van der Waals surface area contributed by atoms with Gasteiger partial charge in [-0.25, -0.2) is 9.97 Å². The summed E-state index contributed by atoms with van der Waals surface area (Å²) in [6.45, 7) is 3.60. The molecule has 8 heteroatoms. The van der Waals surface area contributed by atoms with Crippen molar-refractivity contribution in [2.45, 2.75) is 30.2 Å². The second kappa shape index (κ2) is 9.37. The molecule has 0 bridgehead atoms.